The summed E-state index contributed by atoms with van der Waals surface area (Å²) in [6, 6.07) is 22.1. The molecule has 0 amide bonds. The number of aromatic nitrogens is 6. The molecule has 0 saturated carbocycles. The van der Waals surface area contributed by atoms with Gasteiger partial charge in [-0.1, -0.05) is 57.0 Å². The van der Waals surface area contributed by atoms with Crippen LogP contribution in [0.5, 0.6) is 0 Å². The van der Waals surface area contributed by atoms with E-state index in [1.54, 1.807) is 54.6 Å². The van der Waals surface area contributed by atoms with Gasteiger partial charge in [0.1, 0.15) is 4.90 Å². The van der Waals surface area contributed by atoms with Gasteiger partial charge in [0, 0.05) is 45.6 Å². The van der Waals surface area contributed by atoms with E-state index >= 15 is 0 Å². The first kappa shape index (κ1) is 58.9. The van der Waals surface area contributed by atoms with Gasteiger partial charge in [-0.25, -0.2) is 18.8 Å². The van der Waals surface area contributed by atoms with Crippen molar-refractivity contribution in [3.63, 3.8) is 0 Å². The lowest BCUT2D eigenvalue weighted by Gasteiger charge is -2.18. The topological polar surface area (TPSA) is 354 Å². The van der Waals surface area contributed by atoms with E-state index in [0.29, 0.717) is 57.5 Å². The number of sulfonamides is 1. The maximum absolute atomic E-state index is 12.9. The maximum atomic E-state index is 12.9. The summed E-state index contributed by atoms with van der Waals surface area (Å²) in [5.74, 6) is 5.94. The van der Waals surface area contributed by atoms with Crippen LogP contribution in [-0.4, -0.2) is 119 Å². The predicted molar refractivity (Wildman–Crippen MR) is 293 cm³/mol. The number of nitrogens with one attached hydrogen (secondary N) is 6. The van der Waals surface area contributed by atoms with Gasteiger partial charge >= 0.3 is 0 Å². The normalized spacial score (nSPS) is 11.9. The number of hydrogen-bond acceptors (Lipinski definition) is 26. The van der Waals surface area contributed by atoms with Crippen LogP contribution in [0.4, 0.5) is 58.4 Å². The van der Waals surface area contributed by atoms with Crippen molar-refractivity contribution < 1.29 is 45.3 Å². The molecule has 6 rings (SSSR count). The number of rotatable bonds is 32. The van der Waals surface area contributed by atoms with Crippen LogP contribution in [0, 0.1) is 0 Å². The number of nitrogens with zero attached hydrogens (tertiary/aromatic N) is 8. The third-order valence-corrected chi connectivity index (χ3v) is 14.2. The summed E-state index contributed by atoms with van der Waals surface area (Å²) in [4.78, 5) is 36.6. The molecule has 26 nitrogen and oxygen atoms in total. The maximum Gasteiger partial charge on any atom is 0.295 e. The smallest absolute Gasteiger partial charge is 0.295 e. The molecule has 2 heterocycles. The van der Waals surface area contributed by atoms with Crippen LogP contribution in [-0.2, 0) is 38.8 Å². The summed E-state index contributed by atoms with van der Waals surface area (Å²) >= 11 is 1.57. The fraction of sp³-hybridized carbons (Fsp3) is 0.304. The zero-order valence-electron chi connectivity index (χ0n) is 41.8. The second-order valence-electron chi connectivity index (χ2n) is 16.1. The van der Waals surface area contributed by atoms with E-state index < -0.39 is 25.0 Å². The Morgan fingerprint density at radius 1 is 0.579 bits per heavy atom. The van der Waals surface area contributed by atoms with Gasteiger partial charge in [0.15, 0.2) is 0 Å². The van der Waals surface area contributed by atoms with Gasteiger partial charge in [-0.05, 0) is 136 Å². The third kappa shape index (κ3) is 18.7. The molecule has 0 aliphatic heterocycles. The minimum Gasteiger partial charge on any atom is -0.354 e. The lowest BCUT2D eigenvalue weighted by atomic mass is 10.1. The highest BCUT2D eigenvalue weighted by molar-refractivity contribution is 7.94. The van der Waals surface area contributed by atoms with Crippen LogP contribution in [0.3, 0.4) is 0 Å². The molecule has 0 bridgehead atoms. The summed E-state index contributed by atoms with van der Waals surface area (Å²) < 4.78 is 69.5. The Morgan fingerprint density at radius 2 is 1.01 bits per heavy atom. The Labute approximate surface area is 449 Å². The Hall–Kier alpha value is -6.36. The van der Waals surface area contributed by atoms with Gasteiger partial charge < -0.3 is 41.7 Å². The summed E-state index contributed by atoms with van der Waals surface area (Å²) in [5.41, 5.74) is 2.38. The van der Waals surface area contributed by atoms with E-state index in [1.165, 1.54) is 42.5 Å². The van der Waals surface area contributed by atoms with Crippen LogP contribution >= 0.6 is 24.1 Å². The molecule has 76 heavy (non-hydrogen) atoms. The van der Waals surface area contributed by atoms with Gasteiger partial charge in [0.2, 0.25) is 45.7 Å². The zero-order valence-corrected chi connectivity index (χ0v) is 45.1. The quantitative estimate of drug-likeness (QED) is 0.00484. The molecule has 30 heteroatoms. The van der Waals surface area contributed by atoms with Gasteiger partial charge in [-0.3, -0.25) is 4.55 Å². The first-order valence-electron chi connectivity index (χ1n) is 23.6. The minimum absolute atomic E-state index is 0.0649. The van der Waals surface area contributed by atoms with Crippen LogP contribution < -0.4 is 42.9 Å². The SMILES string of the molecule is CCN(CC)CCCNc1nc(Nc2ccc(S(N)(=O)=O)cc2)nc(Nc2ccc(/C=C/c3ccc(Nc4nc(NCCCN(CC)CC)nc(Nc5ccc(SOON)cc5)n4)cc3S(=O)(=O)O)c(SOOO)c2)n1. The molecule has 0 atom stereocenters. The monoisotopic (exact) mass is 1120 g/mol. The Morgan fingerprint density at radius 3 is 1.47 bits per heavy atom. The van der Waals surface area contributed by atoms with Crippen molar-refractivity contribution in [2.75, 3.05) is 84.3 Å². The lowest BCUT2D eigenvalue weighted by Crippen LogP contribution is -2.25. The van der Waals surface area contributed by atoms with E-state index in [2.05, 4.69) is 109 Å². The van der Waals surface area contributed by atoms with E-state index in [0.717, 1.165) is 64.2 Å². The van der Waals surface area contributed by atoms with Crippen LogP contribution in [0.2, 0.25) is 0 Å². The molecule has 0 radical (unpaired) electrons. The number of nitrogens with two attached hydrogens (primary N) is 2. The van der Waals surface area contributed by atoms with E-state index in [4.69, 9.17) is 25.0 Å². The van der Waals surface area contributed by atoms with Crippen molar-refractivity contribution in [3.8, 4) is 0 Å². The predicted octanol–water partition coefficient (Wildman–Crippen LogP) is 7.64. The fourth-order valence-corrected chi connectivity index (χ4v) is 9.24. The Kier molecular flexibility index (Phi) is 22.7. The average molecular weight is 1130 g/mol. The first-order valence-corrected chi connectivity index (χ1v) is 28.1. The highest BCUT2D eigenvalue weighted by Gasteiger charge is 2.18. The zero-order chi connectivity index (χ0) is 54.5. The second-order valence-corrected chi connectivity index (χ2v) is 20.6. The minimum atomic E-state index is -4.81. The molecule has 4 aromatic carbocycles. The molecule has 0 saturated heterocycles. The molecular weight excluding hydrogens is 1060 g/mol. The van der Waals surface area contributed by atoms with Crippen LogP contribution in [0.1, 0.15) is 51.7 Å². The molecule has 0 aliphatic rings. The van der Waals surface area contributed by atoms with Crippen LogP contribution in [0.15, 0.2) is 105 Å². The summed E-state index contributed by atoms with van der Waals surface area (Å²) in [7, 11) is -8.73. The number of anilines is 10. The summed E-state index contributed by atoms with van der Waals surface area (Å²) in [5, 5.41) is 37.2. The molecule has 0 aliphatic carbocycles. The first-order chi connectivity index (χ1) is 36.6. The van der Waals surface area contributed by atoms with E-state index in [9.17, 15) is 21.4 Å². The summed E-state index contributed by atoms with van der Waals surface area (Å²) in [6.07, 6.45) is 4.66. The van der Waals surface area contributed by atoms with Crippen molar-refractivity contribution in [1.29, 1.82) is 0 Å². The van der Waals surface area contributed by atoms with Crippen molar-refractivity contribution in [2.45, 2.75) is 60.1 Å². The van der Waals surface area contributed by atoms with Gasteiger partial charge in [-0.2, -0.15) is 44.2 Å². The van der Waals surface area contributed by atoms with E-state index in [-0.39, 0.29) is 51.8 Å². The van der Waals surface area contributed by atoms with Gasteiger partial charge in [-0.15, -0.1) is 13.7 Å². The van der Waals surface area contributed by atoms with Gasteiger partial charge in [0.25, 0.3) is 10.1 Å². The molecule has 0 fully saturated rings. The lowest BCUT2D eigenvalue weighted by molar-refractivity contribution is -0.432. The highest BCUT2D eigenvalue weighted by Crippen LogP contribution is 2.32. The molecule has 12 N–H and O–H groups in total. The van der Waals surface area contributed by atoms with Crippen molar-refractivity contribution in [1.82, 2.24) is 39.7 Å². The third-order valence-electron chi connectivity index (χ3n) is 11.1. The van der Waals surface area contributed by atoms with Crippen molar-refractivity contribution in [3.05, 3.63) is 96.1 Å². The molecule has 0 unspecified atom stereocenters. The molecule has 2 aromatic heterocycles. The highest BCUT2D eigenvalue weighted by atomic mass is 32.2. The van der Waals surface area contributed by atoms with Gasteiger partial charge in [0.05, 0.1) is 29.0 Å². The average Bonchev–Trinajstić information content (AvgIpc) is 3.40. The second kappa shape index (κ2) is 29.2. The van der Waals surface area contributed by atoms with Crippen molar-refractivity contribution in [2.24, 2.45) is 11.0 Å². The molecule has 0 spiro atoms. The molecule has 6 aromatic rings. The number of primary sulfonamides is 1. The molecular formula is C46H60N16O10S4. The number of hydrogen-bond donors (Lipinski definition) is 10. The standard InChI is InChI=1S/C46H60N16O10S4/c1-5-61(6-2)27-9-25-49-41-56-44(52-34-19-23-38(24-20-34)75(48,64)65)59-45(57-41)53-35-15-13-31(39(29-35)74-72-70-63)11-12-32-14-16-36(30-40(32)76(66,67)68)54-46-58-42(50-26-10-28-62(7-3)8-4)55-43(60-46)51-33-17-21-37(22-18-33)73-71-69-47/h11-24,29-30,63H,5-10,25-28,47H2,1-4H3,(H2,48,64,65)(H,66,67,68)(H3,49,52,53,56,57,59)(H3,50,51,54,55,58,60)/b12-11+. The van der Waals surface area contributed by atoms with Crippen molar-refractivity contribution >= 4 is 115 Å². The number of benzene rings is 4. The molecule has 408 valence electrons. The Balaban J connectivity index is 1.24. The fourth-order valence-electron chi connectivity index (χ4n) is 7.14. The van der Waals surface area contributed by atoms with E-state index in [1.807, 2.05) is 0 Å². The Bertz CT molecular complexity index is 3070. The largest absolute Gasteiger partial charge is 0.354 e. The van der Waals surface area contributed by atoms with Crippen LogP contribution in [0.25, 0.3) is 12.2 Å². The summed E-state index contributed by atoms with van der Waals surface area (Å²) in [6.45, 7) is 14.9.